The predicted molar refractivity (Wildman–Crippen MR) is 123 cm³/mol. The number of aliphatic hydroxyl groups is 3. The summed E-state index contributed by atoms with van der Waals surface area (Å²) in [6.45, 7) is 2.85. The summed E-state index contributed by atoms with van der Waals surface area (Å²) in [6, 6.07) is 4.75. The average molecular weight is 520 g/mol. The summed E-state index contributed by atoms with van der Waals surface area (Å²) in [4.78, 5) is 27.1. The number of ketones is 1. The number of nitrogens with zero attached hydrogens (tertiary/aromatic N) is 1. The molecule has 176 valence electrons. The lowest BCUT2D eigenvalue weighted by atomic mass is 9.70. The highest BCUT2D eigenvalue weighted by atomic mass is 79.9. The molecule has 8 nitrogen and oxygen atoms in total. The molecule has 1 aromatic rings. The number of aliphatic carboxylic acids is 1. The van der Waals surface area contributed by atoms with Crippen molar-refractivity contribution < 1.29 is 34.8 Å². The Kier molecular flexibility index (Phi) is 6.26. The molecule has 1 heterocycles. The maximum absolute atomic E-state index is 13.6. The lowest BCUT2D eigenvalue weighted by Gasteiger charge is -2.39. The minimum absolute atomic E-state index is 0.138. The van der Waals surface area contributed by atoms with Gasteiger partial charge in [-0.3, -0.25) is 9.59 Å². The number of benzene rings is 1. The molecule has 0 fully saturated rings. The summed E-state index contributed by atoms with van der Waals surface area (Å²) >= 11 is 3.47. The highest BCUT2D eigenvalue weighted by Gasteiger charge is 2.51. The van der Waals surface area contributed by atoms with Crippen LogP contribution in [0, 0.1) is 5.92 Å². The number of hydrogen-bond donors (Lipinski definition) is 4. The lowest BCUT2D eigenvalue weighted by molar-refractivity contribution is -0.138. The number of ether oxygens (including phenoxy) is 1. The topological polar surface area (TPSA) is 128 Å². The molecule has 1 aliphatic heterocycles. The molecular formula is C24H26BrNO7. The van der Waals surface area contributed by atoms with Crippen LogP contribution in [0.5, 0.6) is 5.75 Å². The van der Waals surface area contributed by atoms with Crippen molar-refractivity contribution in [2.75, 3.05) is 19.8 Å². The van der Waals surface area contributed by atoms with Gasteiger partial charge in [-0.15, -0.1) is 0 Å². The van der Waals surface area contributed by atoms with Gasteiger partial charge in [-0.25, -0.2) is 0 Å². The van der Waals surface area contributed by atoms with Crippen molar-refractivity contribution in [3.8, 4) is 5.75 Å². The van der Waals surface area contributed by atoms with Crippen LogP contribution in [-0.4, -0.2) is 75.1 Å². The number of halogens is 1. The van der Waals surface area contributed by atoms with Crippen LogP contribution >= 0.6 is 15.9 Å². The summed E-state index contributed by atoms with van der Waals surface area (Å²) in [5.41, 5.74) is 1.83. The second-order valence-electron chi connectivity index (χ2n) is 9.00. The number of Topliss-reactive ketones (excluding diaryl/α,β-unsaturated/α-hetero) is 1. The molecule has 3 aliphatic rings. The van der Waals surface area contributed by atoms with Gasteiger partial charge in [0.2, 0.25) is 0 Å². The van der Waals surface area contributed by atoms with E-state index < -0.39 is 30.2 Å². The van der Waals surface area contributed by atoms with Crippen molar-refractivity contribution in [3.05, 3.63) is 63.3 Å². The number of carboxylic acids is 1. The van der Waals surface area contributed by atoms with Crippen LogP contribution in [0.25, 0.3) is 0 Å². The fourth-order valence-corrected chi connectivity index (χ4v) is 5.37. The number of carboxylic acid groups (broad SMARTS) is 1. The second kappa shape index (κ2) is 8.72. The van der Waals surface area contributed by atoms with E-state index in [0.29, 0.717) is 28.1 Å². The zero-order chi connectivity index (χ0) is 24.1. The molecule has 33 heavy (non-hydrogen) atoms. The summed E-state index contributed by atoms with van der Waals surface area (Å²) < 4.78 is 6.45. The molecule has 0 amide bonds. The van der Waals surface area contributed by atoms with Gasteiger partial charge in [0.25, 0.3) is 0 Å². The molecule has 0 bridgehead atoms. The van der Waals surface area contributed by atoms with Crippen molar-refractivity contribution in [1.82, 2.24) is 4.90 Å². The van der Waals surface area contributed by atoms with Gasteiger partial charge in [-0.05, 0) is 29.8 Å². The number of carbonyl (C=O) groups is 2. The van der Waals surface area contributed by atoms with Crippen LogP contribution in [0.2, 0.25) is 0 Å². The standard InChI is InChI=1S/C24H26BrNO7/c1-24(2)16-8-13(33-11-19(29)18(28)10-27)4-6-14(16)22(32)21-15-5-3-12(25)7-17(15)26(23(21)24)9-20(30)31/h3-8,15,17-19,27-29H,9-11H2,1-2H3,(H,30,31)/t15?,17?,18-,19-/m1/s1. The molecule has 0 spiro atoms. The third kappa shape index (κ3) is 4.03. The van der Waals surface area contributed by atoms with E-state index in [4.69, 9.17) is 9.84 Å². The summed E-state index contributed by atoms with van der Waals surface area (Å²) in [5.74, 6) is -0.970. The van der Waals surface area contributed by atoms with E-state index in [1.165, 1.54) is 0 Å². The zero-order valence-corrected chi connectivity index (χ0v) is 19.8. The summed E-state index contributed by atoms with van der Waals surface area (Å²) in [5, 5.41) is 38.0. The Morgan fingerprint density at radius 3 is 2.67 bits per heavy atom. The molecule has 2 aliphatic carbocycles. The number of aliphatic hydroxyl groups excluding tert-OH is 3. The maximum Gasteiger partial charge on any atom is 0.323 e. The van der Waals surface area contributed by atoms with Gasteiger partial charge in [0.05, 0.1) is 12.6 Å². The Bertz CT molecular complexity index is 1090. The number of carbonyl (C=O) groups excluding carboxylic acids is 1. The highest BCUT2D eigenvalue weighted by Crippen LogP contribution is 2.52. The Hall–Kier alpha value is -2.46. The number of rotatable bonds is 7. The molecule has 2 unspecified atom stereocenters. The molecule has 0 aromatic heterocycles. The van der Waals surface area contributed by atoms with Crippen LogP contribution in [0.15, 0.2) is 52.2 Å². The molecule has 1 aromatic carbocycles. The average Bonchev–Trinajstić information content (AvgIpc) is 3.09. The number of hydrogen-bond acceptors (Lipinski definition) is 7. The summed E-state index contributed by atoms with van der Waals surface area (Å²) in [7, 11) is 0. The molecule has 4 rings (SSSR count). The minimum atomic E-state index is -1.32. The van der Waals surface area contributed by atoms with E-state index in [0.717, 1.165) is 4.48 Å². The maximum atomic E-state index is 13.6. The van der Waals surface area contributed by atoms with E-state index in [9.17, 15) is 24.9 Å². The highest BCUT2D eigenvalue weighted by molar-refractivity contribution is 9.11. The monoisotopic (exact) mass is 519 g/mol. The first-order chi connectivity index (χ1) is 15.6. The lowest BCUT2D eigenvalue weighted by Crippen LogP contribution is -2.42. The van der Waals surface area contributed by atoms with Gasteiger partial charge >= 0.3 is 5.97 Å². The molecule has 0 saturated carbocycles. The molecule has 4 N–H and O–H groups in total. The largest absolute Gasteiger partial charge is 0.491 e. The molecular weight excluding hydrogens is 494 g/mol. The van der Waals surface area contributed by atoms with Crippen LogP contribution < -0.4 is 4.74 Å². The fraction of sp³-hybridized carbons (Fsp3) is 0.417. The first kappa shape index (κ1) is 23.7. The van der Waals surface area contributed by atoms with Gasteiger partial charge in [0.1, 0.15) is 31.1 Å². The second-order valence-corrected chi connectivity index (χ2v) is 9.92. The summed E-state index contributed by atoms with van der Waals surface area (Å²) in [6.07, 6.45) is 3.17. The van der Waals surface area contributed by atoms with Crippen LogP contribution in [0.4, 0.5) is 0 Å². The SMILES string of the molecule is CC1(C)C2=C(C(=O)c3ccc(OC[C@@H](O)[C@H](O)CO)cc31)C1C=CC(Br)=CC1N2CC(=O)O. The van der Waals surface area contributed by atoms with E-state index in [-0.39, 0.29) is 30.9 Å². The van der Waals surface area contributed by atoms with Gasteiger partial charge in [0.15, 0.2) is 5.78 Å². The van der Waals surface area contributed by atoms with Crippen molar-refractivity contribution in [2.45, 2.75) is 37.5 Å². The Morgan fingerprint density at radius 2 is 2.00 bits per heavy atom. The number of fused-ring (bicyclic) bond motifs is 3. The van der Waals surface area contributed by atoms with Gasteiger partial charge < -0.3 is 30.1 Å². The predicted octanol–water partition coefficient (Wildman–Crippen LogP) is 1.74. The Balaban J connectivity index is 1.74. The molecule has 0 radical (unpaired) electrons. The first-order valence-electron chi connectivity index (χ1n) is 10.6. The minimum Gasteiger partial charge on any atom is -0.491 e. The van der Waals surface area contributed by atoms with E-state index in [1.54, 1.807) is 23.1 Å². The van der Waals surface area contributed by atoms with Crippen LogP contribution in [0.1, 0.15) is 29.8 Å². The normalized spacial score (nSPS) is 24.6. The van der Waals surface area contributed by atoms with Crippen molar-refractivity contribution in [1.29, 1.82) is 0 Å². The van der Waals surface area contributed by atoms with E-state index in [2.05, 4.69) is 15.9 Å². The van der Waals surface area contributed by atoms with Gasteiger partial charge in [0, 0.05) is 32.6 Å². The van der Waals surface area contributed by atoms with Gasteiger partial charge in [-0.2, -0.15) is 0 Å². The van der Waals surface area contributed by atoms with Crippen molar-refractivity contribution in [2.24, 2.45) is 5.92 Å². The van der Waals surface area contributed by atoms with E-state index in [1.807, 2.05) is 32.1 Å². The third-order valence-electron chi connectivity index (χ3n) is 6.50. The molecule has 0 saturated heterocycles. The fourth-order valence-electron chi connectivity index (χ4n) is 4.94. The smallest absolute Gasteiger partial charge is 0.323 e. The van der Waals surface area contributed by atoms with Crippen molar-refractivity contribution >= 4 is 27.7 Å². The first-order valence-corrected chi connectivity index (χ1v) is 11.4. The zero-order valence-electron chi connectivity index (χ0n) is 18.2. The van der Waals surface area contributed by atoms with Crippen LogP contribution in [-0.2, 0) is 10.2 Å². The van der Waals surface area contributed by atoms with Gasteiger partial charge in [-0.1, -0.05) is 41.9 Å². The van der Waals surface area contributed by atoms with E-state index >= 15 is 0 Å². The Labute approximate surface area is 199 Å². The molecule has 4 atom stereocenters. The van der Waals surface area contributed by atoms with Crippen molar-refractivity contribution in [3.63, 3.8) is 0 Å². The Morgan fingerprint density at radius 1 is 1.27 bits per heavy atom. The van der Waals surface area contributed by atoms with Crippen LogP contribution in [0.3, 0.4) is 0 Å². The molecule has 9 heteroatoms. The quantitative estimate of drug-likeness (QED) is 0.428. The number of allylic oxidation sites excluding steroid dienone is 3. The third-order valence-corrected chi connectivity index (χ3v) is 7.03.